The molecule has 0 saturated heterocycles. The summed E-state index contributed by atoms with van der Waals surface area (Å²) < 4.78 is 8.17. The van der Waals surface area contributed by atoms with Gasteiger partial charge in [-0.15, -0.1) is 12.4 Å². The Bertz CT molecular complexity index is 918. The van der Waals surface area contributed by atoms with Crippen LogP contribution in [0.5, 0.6) is 5.75 Å². The standard InChI is InChI=1S/C23H28N2O2.ClH/c1-16(2)19-10-3-6-13-22(19)27-15-18(26)14-25-21-12-5-4-11-20(21)24-23(25)17-8-7-9-17;/h3-6,10-13,16-18,26H,7-9,14-15H2,1-2H3;1H. The molecule has 1 aromatic heterocycles. The van der Waals surface area contributed by atoms with Gasteiger partial charge in [0.2, 0.25) is 0 Å². The van der Waals surface area contributed by atoms with Gasteiger partial charge in [-0.1, -0.05) is 50.6 Å². The summed E-state index contributed by atoms with van der Waals surface area (Å²) in [6.45, 7) is 5.10. The maximum atomic E-state index is 10.7. The first kappa shape index (κ1) is 20.7. The smallest absolute Gasteiger partial charge is 0.122 e. The van der Waals surface area contributed by atoms with Crippen LogP contribution in [0.25, 0.3) is 11.0 Å². The molecular formula is C23H29ClN2O2. The predicted octanol–water partition coefficient (Wildman–Crippen LogP) is 5.29. The Kier molecular flexibility index (Phi) is 6.63. The Balaban J connectivity index is 0.00000225. The van der Waals surface area contributed by atoms with Gasteiger partial charge in [-0.3, -0.25) is 0 Å². The predicted molar refractivity (Wildman–Crippen MR) is 116 cm³/mol. The fourth-order valence-electron chi connectivity index (χ4n) is 3.80. The molecule has 28 heavy (non-hydrogen) atoms. The molecule has 0 radical (unpaired) electrons. The molecule has 0 bridgehead atoms. The zero-order valence-electron chi connectivity index (χ0n) is 16.5. The summed E-state index contributed by atoms with van der Waals surface area (Å²) in [7, 11) is 0. The van der Waals surface area contributed by atoms with Crippen molar-refractivity contribution >= 4 is 23.4 Å². The van der Waals surface area contributed by atoms with Crippen LogP contribution in [0.2, 0.25) is 0 Å². The molecule has 0 spiro atoms. The van der Waals surface area contributed by atoms with Crippen molar-refractivity contribution in [3.63, 3.8) is 0 Å². The molecule has 0 aliphatic heterocycles. The van der Waals surface area contributed by atoms with E-state index in [0.717, 1.165) is 22.6 Å². The fourth-order valence-corrected chi connectivity index (χ4v) is 3.80. The number of para-hydroxylation sites is 3. The molecule has 5 heteroatoms. The van der Waals surface area contributed by atoms with Gasteiger partial charge in [-0.25, -0.2) is 4.98 Å². The van der Waals surface area contributed by atoms with E-state index in [2.05, 4.69) is 36.6 Å². The van der Waals surface area contributed by atoms with E-state index in [9.17, 15) is 5.11 Å². The number of ether oxygens (including phenoxy) is 1. The number of fused-ring (bicyclic) bond motifs is 1. The summed E-state index contributed by atoms with van der Waals surface area (Å²) in [4.78, 5) is 4.85. The number of hydrogen-bond acceptors (Lipinski definition) is 3. The Morgan fingerprint density at radius 3 is 2.54 bits per heavy atom. The molecule has 150 valence electrons. The lowest BCUT2D eigenvalue weighted by atomic mass is 9.85. The molecule has 1 N–H and O–H groups in total. The fraction of sp³-hybridized carbons (Fsp3) is 0.435. The third-order valence-electron chi connectivity index (χ3n) is 5.52. The van der Waals surface area contributed by atoms with E-state index in [1.807, 2.05) is 30.3 Å². The number of halogens is 1. The molecule has 1 aliphatic carbocycles. The largest absolute Gasteiger partial charge is 0.491 e. The maximum Gasteiger partial charge on any atom is 0.122 e. The van der Waals surface area contributed by atoms with Crippen LogP contribution >= 0.6 is 12.4 Å². The maximum absolute atomic E-state index is 10.7. The van der Waals surface area contributed by atoms with Gasteiger partial charge in [0.05, 0.1) is 17.6 Å². The number of rotatable bonds is 7. The van der Waals surface area contributed by atoms with Gasteiger partial charge in [0.25, 0.3) is 0 Å². The highest BCUT2D eigenvalue weighted by Gasteiger charge is 2.26. The molecule has 2 aromatic carbocycles. The first-order valence-electron chi connectivity index (χ1n) is 9.98. The van der Waals surface area contributed by atoms with Crippen molar-refractivity contribution in [3.8, 4) is 5.75 Å². The van der Waals surface area contributed by atoms with Crippen molar-refractivity contribution in [3.05, 3.63) is 59.9 Å². The van der Waals surface area contributed by atoms with Gasteiger partial charge < -0.3 is 14.4 Å². The Labute approximate surface area is 173 Å². The zero-order chi connectivity index (χ0) is 18.8. The van der Waals surface area contributed by atoms with E-state index < -0.39 is 6.10 Å². The molecule has 4 rings (SSSR count). The van der Waals surface area contributed by atoms with Crippen LogP contribution < -0.4 is 4.74 Å². The summed E-state index contributed by atoms with van der Waals surface area (Å²) >= 11 is 0. The average Bonchev–Trinajstić information content (AvgIpc) is 2.97. The minimum Gasteiger partial charge on any atom is -0.491 e. The SMILES string of the molecule is CC(C)c1ccccc1OCC(O)Cn1c(C2CCC2)nc2ccccc21.Cl. The molecule has 3 aromatic rings. The second kappa shape index (κ2) is 8.97. The second-order valence-corrected chi connectivity index (χ2v) is 7.85. The Morgan fingerprint density at radius 2 is 1.82 bits per heavy atom. The molecule has 1 aliphatic rings. The molecule has 1 heterocycles. The van der Waals surface area contributed by atoms with Crippen LogP contribution in [0.4, 0.5) is 0 Å². The number of nitrogens with zero attached hydrogens (tertiary/aromatic N) is 2. The zero-order valence-corrected chi connectivity index (χ0v) is 17.4. The van der Waals surface area contributed by atoms with Gasteiger partial charge >= 0.3 is 0 Å². The van der Waals surface area contributed by atoms with E-state index in [1.165, 1.54) is 24.8 Å². The Morgan fingerprint density at radius 1 is 1.11 bits per heavy atom. The lowest BCUT2D eigenvalue weighted by Gasteiger charge is -2.26. The number of aliphatic hydroxyl groups is 1. The van der Waals surface area contributed by atoms with Crippen LogP contribution in [0.15, 0.2) is 48.5 Å². The normalized spacial score (nSPS) is 15.3. The Hall–Kier alpha value is -2.04. The van der Waals surface area contributed by atoms with Gasteiger partial charge in [0.15, 0.2) is 0 Å². The number of hydrogen-bond donors (Lipinski definition) is 1. The molecule has 1 fully saturated rings. The first-order chi connectivity index (χ1) is 13.1. The van der Waals surface area contributed by atoms with Gasteiger partial charge in [0, 0.05) is 5.92 Å². The summed E-state index contributed by atoms with van der Waals surface area (Å²) in [6.07, 6.45) is 3.07. The summed E-state index contributed by atoms with van der Waals surface area (Å²) in [5.41, 5.74) is 3.28. The summed E-state index contributed by atoms with van der Waals surface area (Å²) in [6, 6.07) is 16.3. The van der Waals surface area contributed by atoms with Crippen molar-refractivity contribution < 1.29 is 9.84 Å². The highest BCUT2D eigenvalue weighted by molar-refractivity contribution is 5.85. The number of aliphatic hydroxyl groups excluding tert-OH is 1. The number of aromatic nitrogens is 2. The number of benzene rings is 2. The monoisotopic (exact) mass is 400 g/mol. The minimum atomic E-state index is -0.582. The van der Waals surface area contributed by atoms with Gasteiger partial charge in [-0.2, -0.15) is 0 Å². The molecule has 1 unspecified atom stereocenters. The van der Waals surface area contributed by atoms with Gasteiger partial charge in [0.1, 0.15) is 24.3 Å². The van der Waals surface area contributed by atoms with Crippen LogP contribution in [0.3, 0.4) is 0 Å². The van der Waals surface area contributed by atoms with Crippen molar-refractivity contribution in [2.24, 2.45) is 0 Å². The molecule has 1 atom stereocenters. The summed E-state index contributed by atoms with van der Waals surface area (Å²) in [5.74, 6) is 2.89. The third kappa shape index (κ3) is 4.18. The molecular weight excluding hydrogens is 372 g/mol. The molecule has 1 saturated carbocycles. The summed E-state index contributed by atoms with van der Waals surface area (Å²) in [5, 5.41) is 10.7. The average molecular weight is 401 g/mol. The van der Waals surface area contributed by atoms with Crippen molar-refractivity contribution in [2.45, 2.75) is 57.6 Å². The van der Waals surface area contributed by atoms with E-state index in [4.69, 9.17) is 9.72 Å². The van der Waals surface area contributed by atoms with Crippen LogP contribution in [0, 0.1) is 0 Å². The molecule has 0 amide bonds. The highest BCUT2D eigenvalue weighted by atomic mass is 35.5. The van der Waals surface area contributed by atoms with Crippen LogP contribution in [-0.2, 0) is 6.54 Å². The van der Waals surface area contributed by atoms with Crippen LogP contribution in [-0.4, -0.2) is 27.4 Å². The van der Waals surface area contributed by atoms with Crippen LogP contribution in [0.1, 0.15) is 56.3 Å². The van der Waals surface area contributed by atoms with Crippen molar-refractivity contribution in [2.75, 3.05) is 6.61 Å². The van der Waals surface area contributed by atoms with E-state index >= 15 is 0 Å². The lowest BCUT2D eigenvalue weighted by Crippen LogP contribution is -2.26. The highest BCUT2D eigenvalue weighted by Crippen LogP contribution is 2.37. The van der Waals surface area contributed by atoms with E-state index in [0.29, 0.717) is 18.4 Å². The third-order valence-corrected chi connectivity index (χ3v) is 5.52. The van der Waals surface area contributed by atoms with Crippen molar-refractivity contribution in [1.82, 2.24) is 9.55 Å². The topological polar surface area (TPSA) is 47.3 Å². The molecule has 4 nitrogen and oxygen atoms in total. The second-order valence-electron chi connectivity index (χ2n) is 7.85. The number of imidazole rings is 1. The quantitative estimate of drug-likeness (QED) is 0.586. The van der Waals surface area contributed by atoms with E-state index in [-0.39, 0.29) is 19.0 Å². The van der Waals surface area contributed by atoms with Crippen molar-refractivity contribution in [1.29, 1.82) is 0 Å². The van der Waals surface area contributed by atoms with Gasteiger partial charge in [-0.05, 0) is 42.5 Å². The minimum absolute atomic E-state index is 0. The van der Waals surface area contributed by atoms with E-state index in [1.54, 1.807) is 0 Å². The first-order valence-corrected chi connectivity index (χ1v) is 9.98. The lowest BCUT2D eigenvalue weighted by molar-refractivity contribution is 0.0913.